The first-order chi connectivity index (χ1) is 14.4. The molecule has 3 aromatic heterocycles. The van der Waals surface area contributed by atoms with Crippen molar-refractivity contribution in [2.45, 2.75) is 36.7 Å². The first-order valence-corrected chi connectivity index (χ1v) is 11.0. The van der Waals surface area contributed by atoms with Crippen LogP contribution in [0.5, 0.6) is 0 Å². The number of nitrogens with zero attached hydrogens (tertiary/aromatic N) is 5. The van der Waals surface area contributed by atoms with Crippen LogP contribution in [0.25, 0.3) is 10.9 Å². The van der Waals surface area contributed by atoms with E-state index >= 15 is 0 Å². The molecular formula is C22H23N5OS. The molecule has 1 aliphatic heterocycles. The van der Waals surface area contributed by atoms with Gasteiger partial charge in [0, 0.05) is 24.2 Å². The van der Waals surface area contributed by atoms with Gasteiger partial charge in [0.25, 0.3) is 0 Å². The number of hydrogen-bond acceptors (Lipinski definition) is 6. The quantitative estimate of drug-likeness (QED) is 0.432. The molecule has 0 spiro atoms. The number of pyridine rings is 1. The second kappa shape index (κ2) is 8.29. The van der Waals surface area contributed by atoms with Crippen molar-refractivity contribution in [3.63, 3.8) is 0 Å². The number of hydrogen-bond donors (Lipinski definition) is 0. The second-order valence-corrected chi connectivity index (χ2v) is 8.22. The van der Waals surface area contributed by atoms with Gasteiger partial charge < -0.3 is 9.32 Å². The summed E-state index contributed by atoms with van der Waals surface area (Å²) < 4.78 is 7.78. The zero-order valence-electron chi connectivity index (χ0n) is 16.2. The van der Waals surface area contributed by atoms with Gasteiger partial charge >= 0.3 is 0 Å². The van der Waals surface area contributed by atoms with Crippen molar-refractivity contribution in [2.24, 2.45) is 0 Å². The van der Waals surface area contributed by atoms with Gasteiger partial charge in [-0.1, -0.05) is 36.0 Å². The van der Waals surface area contributed by atoms with Crippen LogP contribution in [0, 0.1) is 0 Å². The highest BCUT2D eigenvalue weighted by Gasteiger charge is 2.21. The monoisotopic (exact) mass is 405 g/mol. The summed E-state index contributed by atoms with van der Waals surface area (Å²) >= 11 is 1.67. The molecule has 29 heavy (non-hydrogen) atoms. The van der Waals surface area contributed by atoms with Crippen LogP contribution in [0.4, 0.5) is 5.95 Å². The molecule has 4 aromatic rings. The molecule has 0 unspecified atom stereocenters. The molecule has 1 aliphatic rings. The van der Waals surface area contributed by atoms with Crippen molar-refractivity contribution in [3.05, 3.63) is 66.2 Å². The summed E-state index contributed by atoms with van der Waals surface area (Å²) in [5.74, 6) is 2.60. The molecule has 1 saturated heterocycles. The van der Waals surface area contributed by atoms with Crippen LogP contribution < -0.4 is 4.90 Å². The minimum atomic E-state index is 0.638. The number of thioether (sulfide) groups is 1. The van der Waals surface area contributed by atoms with Gasteiger partial charge in [0.2, 0.25) is 5.95 Å². The Morgan fingerprint density at radius 3 is 2.69 bits per heavy atom. The van der Waals surface area contributed by atoms with Crippen molar-refractivity contribution in [1.82, 2.24) is 19.7 Å². The van der Waals surface area contributed by atoms with Gasteiger partial charge in [-0.3, -0.25) is 9.55 Å². The third kappa shape index (κ3) is 4.00. The molecule has 148 valence electrons. The van der Waals surface area contributed by atoms with E-state index in [-0.39, 0.29) is 0 Å². The summed E-state index contributed by atoms with van der Waals surface area (Å²) in [7, 11) is 0. The molecule has 1 aromatic carbocycles. The Balaban J connectivity index is 1.39. The van der Waals surface area contributed by atoms with Gasteiger partial charge in [-0.25, -0.2) is 0 Å². The number of para-hydroxylation sites is 1. The normalized spacial score (nSPS) is 14.6. The zero-order chi connectivity index (χ0) is 19.5. The Kier molecular flexibility index (Phi) is 5.21. The molecule has 0 bridgehead atoms. The molecule has 6 nitrogen and oxygen atoms in total. The number of piperidine rings is 1. The topological polar surface area (TPSA) is 60.0 Å². The van der Waals surface area contributed by atoms with Crippen LogP contribution in [-0.4, -0.2) is 32.8 Å². The minimum Gasteiger partial charge on any atom is -0.467 e. The lowest BCUT2D eigenvalue weighted by atomic mass is 10.1. The fraction of sp³-hybridized carbons (Fsp3) is 0.318. The molecule has 0 amide bonds. The summed E-state index contributed by atoms with van der Waals surface area (Å²) in [5.41, 5.74) is 2.07. The van der Waals surface area contributed by atoms with E-state index in [1.807, 2.05) is 24.3 Å². The molecule has 7 heteroatoms. The largest absolute Gasteiger partial charge is 0.467 e. The predicted molar refractivity (Wildman–Crippen MR) is 115 cm³/mol. The highest BCUT2D eigenvalue weighted by Crippen LogP contribution is 2.28. The maximum Gasteiger partial charge on any atom is 0.228 e. The third-order valence-corrected chi connectivity index (χ3v) is 6.24. The number of anilines is 1. The molecule has 0 aliphatic carbocycles. The van der Waals surface area contributed by atoms with Gasteiger partial charge in [-0.15, -0.1) is 10.2 Å². The summed E-state index contributed by atoms with van der Waals surface area (Å²) in [5, 5.41) is 11.1. The van der Waals surface area contributed by atoms with Gasteiger partial charge in [0.15, 0.2) is 5.16 Å². The van der Waals surface area contributed by atoms with Gasteiger partial charge in [0.05, 0.1) is 24.0 Å². The van der Waals surface area contributed by atoms with Crippen molar-refractivity contribution in [1.29, 1.82) is 0 Å². The van der Waals surface area contributed by atoms with Crippen LogP contribution in [-0.2, 0) is 12.3 Å². The molecule has 0 N–H and O–H groups in total. The lowest BCUT2D eigenvalue weighted by Crippen LogP contribution is -2.32. The molecule has 0 atom stereocenters. The number of furan rings is 1. The van der Waals surface area contributed by atoms with Crippen LogP contribution in [0.15, 0.2) is 64.4 Å². The average molecular weight is 406 g/mol. The van der Waals surface area contributed by atoms with Crippen LogP contribution in [0.3, 0.4) is 0 Å². The first kappa shape index (κ1) is 18.2. The fourth-order valence-electron chi connectivity index (χ4n) is 3.74. The summed E-state index contributed by atoms with van der Waals surface area (Å²) in [6.07, 6.45) is 5.42. The smallest absolute Gasteiger partial charge is 0.228 e. The lowest BCUT2D eigenvalue weighted by molar-refractivity contribution is 0.479. The second-order valence-electron chi connectivity index (χ2n) is 7.28. The van der Waals surface area contributed by atoms with Gasteiger partial charge in [-0.2, -0.15) is 0 Å². The Bertz CT molecular complexity index is 1090. The molecular weight excluding hydrogens is 382 g/mol. The summed E-state index contributed by atoms with van der Waals surface area (Å²) in [4.78, 5) is 7.13. The average Bonchev–Trinajstić information content (AvgIpc) is 3.43. The third-order valence-electron chi connectivity index (χ3n) is 5.24. The van der Waals surface area contributed by atoms with Crippen molar-refractivity contribution in [2.75, 3.05) is 18.0 Å². The SMILES string of the molecule is c1coc(Cn2c(SCc3ccc4ccccc4n3)nnc2N2CCCCC2)c1. The Morgan fingerprint density at radius 2 is 1.83 bits per heavy atom. The molecule has 4 heterocycles. The lowest BCUT2D eigenvalue weighted by Gasteiger charge is -2.27. The predicted octanol–water partition coefficient (Wildman–Crippen LogP) is 4.75. The van der Waals surface area contributed by atoms with E-state index in [1.165, 1.54) is 19.3 Å². The van der Waals surface area contributed by atoms with E-state index in [0.29, 0.717) is 6.54 Å². The maximum atomic E-state index is 5.60. The van der Waals surface area contributed by atoms with Crippen LogP contribution in [0.2, 0.25) is 0 Å². The van der Waals surface area contributed by atoms with Crippen molar-refractivity contribution < 1.29 is 4.42 Å². The zero-order valence-corrected chi connectivity index (χ0v) is 17.0. The fourth-order valence-corrected chi connectivity index (χ4v) is 4.58. The molecule has 0 radical (unpaired) electrons. The first-order valence-electron chi connectivity index (χ1n) is 10.0. The molecule has 1 fully saturated rings. The van der Waals surface area contributed by atoms with E-state index in [0.717, 1.165) is 52.3 Å². The summed E-state index contributed by atoms with van der Waals surface area (Å²) in [6, 6.07) is 16.3. The highest BCUT2D eigenvalue weighted by molar-refractivity contribution is 7.98. The number of benzene rings is 1. The number of rotatable bonds is 6. The molecule has 5 rings (SSSR count). The van der Waals surface area contributed by atoms with Crippen molar-refractivity contribution >= 4 is 28.6 Å². The Morgan fingerprint density at radius 1 is 0.931 bits per heavy atom. The number of aromatic nitrogens is 4. The minimum absolute atomic E-state index is 0.638. The van der Waals surface area contributed by atoms with E-state index in [1.54, 1.807) is 18.0 Å². The van der Waals surface area contributed by atoms with Crippen molar-refractivity contribution in [3.8, 4) is 0 Å². The van der Waals surface area contributed by atoms with Crippen LogP contribution in [0.1, 0.15) is 30.7 Å². The van der Waals surface area contributed by atoms with Crippen LogP contribution >= 0.6 is 11.8 Å². The Hall–Kier alpha value is -2.80. The van der Waals surface area contributed by atoms with Gasteiger partial charge in [-0.05, 0) is 43.5 Å². The van der Waals surface area contributed by atoms with E-state index in [4.69, 9.17) is 9.40 Å². The van der Waals surface area contributed by atoms with E-state index in [9.17, 15) is 0 Å². The number of fused-ring (bicyclic) bond motifs is 1. The summed E-state index contributed by atoms with van der Waals surface area (Å²) in [6.45, 7) is 2.71. The van der Waals surface area contributed by atoms with E-state index in [2.05, 4.69) is 43.9 Å². The highest BCUT2D eigenvalue weighted by atomic mass is 32.2. The molecule has 0 saturated carbocycles. The Labute approximate surface area is 173 Å². The van der Waals surface area contributed by atoms with Gasteiger partial charge in [0.1, 0.15) is 5.76 Å². The maximum absolute atomic E-state index is 5.60. The standard InChI is InChI=1S/C22H23N5OS/c1-4-12-26(13-5-1)21-24-25-22(27(21)15-19-8-6-14-28-19)29-16-18-11-10-17-7-2-3-9-20(17)23-18/h2-3,6-11,14H,1,4-5,12-13,15-16H2. The van der Waals surface area contributed by atoms with E-state index < -0.39 is 0 Å².